The van der Waals surface area contributed by atoms with Crippen LogP contribution in [0.2, 0.25) is 0 Å². The Bertz CT molecular complexity index is 1820. The molecule has 0 aliphatic rings. The number of rotatable bonds is 63. The maximum absolute atomic E-state index is 13.6. The van der Waals surface area contributed by atoms with Crippen LogP contribution < -0.4 is 10.2 Å². The number of phosphoric acid groups is 1. The van der Waals surface area contributed by atoms with Crippen molar-refractivity contribution in [3.8, 4) is 0 Å². The molecule has 0 aromatic rings. The van der Waals surface area contributed by atoms with E-state index >= 15 is 0 Å². The van der Waals surface area contributed by atoms with Crippen LogP contribution in [0.15, 0.2) is 109 Å². The Labute approximate surface area is 525 Å². The lowest BCUT2D eigenvalue weighted by molar-refractivity contribution is -0.870. The number of likely N-dealkylation sites (N-methyl/N-ethyl adjacent to an activating group) is 1. The lowest BCUT2D eigenvalue weighted by Gasteiger charge is -2.30. The summed E-state index contributed by atoms with van der Waals surface area (Å²) in [5, 5.41) is 3.04. The van der Waals surface area contributed by atoms with Gasteiger partial charge in [-0.1, -0.05) is 285 Å². The molecule has 1 N–H and O–H groups in total. The zero-order chi connectivity index (χ0) is 62.1. The first-order valence-corrected chi connectivity index (χ1v) is 36.7. The molecule has 85 heavy (non-hydrogen) atoms. The highest BCUT2D eigenvalue weighted by atomic mass is 31.2. The molecule has 490 valence electrons. The molecule has 10 heteroatoms. The lowest BCUT2D eigenvalue weighted by atomic mass is 10.0. The Kier molecular flexibility index (Phi) is 61.2. The Morgan fingerprint density at radius 3 is 1.15 bits per heavy atom. The monoisotopic (exact) mass is 1200 g/mol. The first kappa shape index (κ1) is 81.7. The van der Waals surface area contributed by atoms with Crippen molar-refractivity contribution in [3.63, 3.8) is 0 Å². The van der Waals surface area contributed by atoms with Crippen molar-refractivity contribution in [3.05, 3.63) is 109 Å². The van der Waals surface area contributed by atoms with E-state index < -0.39 is 26.6 Å². The minimum absolute atomic E-state index is 0.0301. The highest BCUT2D eigenvalue weighted by Crippen LogP contribution is 2.38. The molecule has 0 heterocycles. The van der Waals surface area contributed by atoms with Crippen molar-refractivity contribution in [2.75, 3.05) is 40.9 Å². The number of hydrogen-bond acceptors (Lipinski definition) is 7. The van der Waals surface area contributed by atoms with Crippen molar-refractivity contribution < 1.29 is 37.3 Å². The number of unbranched alkanes of at least 4 members (excludes halogenated alkanes) is 31. The number of quaternary nitrogens is 1. The predicted molar refractivity (Wildman–Crippen MR) is 367 cm³/mol. The molecule has 3 unspecified atom stereocenters. The molecule has 1 amide bonds. The highest BCUT2D eigenvalue weighted by molar-refractivity contribution is 7.45. The number of allylic oxidation sites excluding steroid dienone is 17. The van der Waals surface area contributed by atoms with Gasteiger partial charge in [0, 0.05) is 12.8 Å². The summed E-state index contributed by atoms with van der Waals surface area (Å²) in [6, 6.07) is -0.904. The Morgan fingerprint density at radius 2 is 0.753 bits per heavy atom. The van der Waals surface area contributed by atoms with Gasteiger partial charge >= 0.3 is 5.97 Å². The molecule has 0 fully saturated rings. The molecule has 0 aliphatic carbocycles. The summed E-state index contributed by atoms with van der Waals surface area (Å²) in [6.45, 7) is 6.71. The van der Waals surface area contributed by atoms with Gasteiger partial charge in [0.1, 0.15) is 19.3 Å². The van der Waals surface area contributed by atoms with Gasteiger partial charge in [0.05, 0.1) is 33.8 Å². The average Bonchev–Trinajstić information content (AvgIpc) is 3.52. The third kappa shape index (κ3) is 65.0. The van der Waals surface area contributed by atoms with Crippen molar-refractivity contribution in [2.24, 2.45) is 0 Å². The van der Waals surface area contributed by atoms with Crippen LogP contribution in [0, 0.1) is 0 Å². The van der Waals surface area contributed by atoms with Gasteiger partial charge in [0.25, 0.3) is 7.82 Å². The molecule has 3 atom stereocenters. The van der Waals surface area contributed by atoms with Gasteiger partial charge in [-0.15, -0.1) is 0 Å². The molecule has 0 saturated carbocycles. The smallest absolute Gasteiger partial charge is 0.306 e. The summed E-state index contributed by atoms with van der Waals surface area (Å²) in [6.07, 6.45) is 87.7. The number of esters is 1. The van der Waals surface area contributed by atoms with Crippen molar-refractivity contribution in [2.45, 2.75) is 315 Å². The van der Waals surface area contributed by atoms with Crippen molar-refractivity contribution in [1.82, 2.24) is 5.32 Å². The zero-order valence-corrected chi connectivity index (χ0v) is 56.9. The molecule has 0 saturated heterocycles. The van der Waals surface area contributed by atoms with E-state index in [1.54, 1.807) is 0 Å². The fourth-order valence-electron chi connectivity index (χ4n) is 9.79. The number of nitrogens with zero attached hydrogens (tertiary/aromatic N) is 1. The SMILES string of the molecule is CC/C=C\C/C=C\C/C=C\C/C=C\C/C=C\CCCCCCCCCC(=O)NC(COP(=O)([O-])OCC[N+](C)(C)C)C(/C=C/CCCCCCCCCCCCC)OC(=O)CCCCCCCCCCCC/C=C\C/C=C\C/C=C\CCCCC. The van der Waals surface area contributed by atoms with E-state index in [1.807, 2.05) is 33.3 Å². The van der Waals surface area contributed by atoms with Crippen LogP contribution in [0.5, 0.6) is 0 Å². The number of amides is 1. The van der Waals surface area contributed by atoms with Gasteiger partial charge in [0.2, 0.25) is 5.91 Å². The van der Waals surface area contributed by atoms with E-state index in [0.717, 1.165) is 128 Å². The third-order valence-electron chi connectivity index (χ3n) is 15.2. The number of ether oxygens (including phenoxy) is 1. The Balaban J connectivity index is 5.17. The highest BCUT2D eigenvalue weighted by Gasteiger charge is 2.27. The second-order valence-corrected chi connectivity index (χ2v) is 26.1. The molecule has 0 radical (unpaired) electrons. The Morgan fingerprint density at radius 1 is 0.424 bits per heavy atom. The van der Waals surface area contributed by atoms with Crippen molar-refractivity contribution >= 4 is 19.7 Å². The van der Waals surface area contributed by atoms with Gasteiger partial charge in [-0.2, -0.15) is 0 Å². The standard InChI is InChI=1S/C75H133N2O7P/c1-7-10-13-16-19-22-25-28-30-32-34-36-38-40-42-44-46-49-52-55-58-61-64-67-74(78)76-72(71-83-85(80,81)82-70-69-77(4,5)6)73(66-63-60-57-54-51-48-27-24-21-18-15-12-9-3)84-75(79)68-65-62-59-56-53-50-47-45-43-41-39-37-35-33-31-29-26-23-20-17-14-11-8-2/h10,13,19-20,22-23,28-31,34-37,40,42,63,66,72-73H,7-9,11-12,14-18,21,24-27,32-33,38-39,41,43-62,64-65,67-71H2,1-6H3,(H-,76,78,80,81)/b13-10-,22-19-,23-20-,30-28-,31-29-,36-34-,37-35-,42-40-,66-63+. The second-order valence-electron chi connectivity index (χ2n) is 24.6. The molecular weight excluding hydrogens is 1070 g/mol. The largest absolute Gasteiger partial charge is 0.756 e. The van der Waals surface area contributed by atoms with Crippen LogP contribution in [0.25, 0.3) is 0 Å². The minimum Gasteiger partial charge on any atom is -0.756 e. The first-order valence-electron chi connectivity index (χ1n) is 35.2. The molecule has 9 nitrogen and oxygen atoms in total. The third-order valence-corrected chi connectivity index (χ3v) is 16.2. The number of phosphoric ester groups is 1. The van der Waals surface area contributed by atoms with Crippen LogP contribution in [-0.2, 0) is 27.9 Å². The zero-order valence-electron chi connectivity index (χ0n) is 56.0. The van der Waals surface area contributed by atoms with Crippen LogP contribution in [0.4, 0.5) is 0 Å². The molecule has 0 spiro atoms. The van der Waals surface area contributed by atoms with Gasteiger partial charge in [-0.3, -0.25) is 14.2 Å². The van der Waals surface area contributed by atoms with Gasteiger partial charge in [-0.05, 0) is 115 Å². The Hall–Kier alpha value is -3.33. The summed E-state index contributed by atoms with van der Waals surface area (Å²) in [5.41, 5.74) is 0. The van der Waals surface area contributed by atoms with E-state index in [1.165, 1.54) is 141 Å². The molecular formula is C75H133N2O7P. The number of carbonyl (C=O) groups is 2. The van der Waals surface area contributed by atoms with Crippen LogP contribution in [-0.4, -0.2) is 69.4 Å². The summed E-state index contributed by atoms with van der Waals surface area (Å²) in [7, 11) is 1.17. The van der Waals surface area contributed by atoms with E-state index in [2.05, 4.69) is 123 Å². The topological polar surface area (TPSA) is 114 Å². The van der Waals surface area contributed by atoms with E-state index in [-0.39, 0.29) is 24.9 Å². The lowest BCUT2D eigenvalue weighted by Crippen LogP contribution is -2.47. The van der Waals surface area contributed by atoms with Gasteiger partial charge < -0.3 is 28.5 Å². The maximum Gasteiger partial charge on any atom is 0.306 e. The fourth-order valence-corrected chi connectivity index (χ4v) is 10.5. The maximum atomic E-state index is 13.6. The first-order chi connectivity index (χ1) is 41.4. The van der Waals surface area contributed by atoms with Crippen LogP contribution in [0.3, 0.4) is 0 Å². The minimum atomic E-state index is -4.72. The van der Waals surface area contributed by atoms with Crippen LogP contribution in [0.1, 0.15) is 303 Å². The van der Waals surface area contributed by atoms with Crippen LogP contribution >= 0.6 is 7.82 Å². The van der Waals surface area contributed by atoms with E-state index in [9.17, 15) is 19.0 Å². The summed E-state index contributed by atoms with van der Waals surface area (Å²) >= 11 is 0. The number of carbonyl (C=O) groups excluding carboxylic acids is 2. The summed E-state index contributed by atoms with van der Waals surface area (Å²) < 4.78 is 30.5. The van der Waals surface area contributed by atoms with Gasteiger partial charge in [0.15, 0.2) is 0 Å². The normalized spacial score (nSPS) is 14.2. The molecule has 0 bridgehead atoms. The second kappa shape index (κ2) is 63.7. The van der Waals surface area contributed by atoms with Crippen molar-refractivity contribution in [1.29, 1.82) is 0 Å². The average molecular weight is 1210 g/mol. The van der Waals surface area contributed by atoms with E-state index in [4.69, 9.17) is 13.8 Å². The molecule has 0 rings (SSSR count). The number of nitrogens with one attached hydrogen (secondary N) is 1. The molecule has 0 aromatic heterocycles. The fraction of sp³-hybridized carbons (Fsp3) is 0.733. The van der Waals surface area contributed by atoms with E-state index in [0.29, 0.717) is 17.4 Å². The molecule has 0 aliphatic heterocycles. The summed E-state index contributed by atoms with van der Waals surface area (Å²) in [4.78, 5) is 40.2. The summed E-state index contributed by atoms with van der Waals surface area (Å²) in [5.74, 6) is -0.557. The van der Waals surface area contributed by atoms with Gasteiger partial charge in [-0.25, -0.2) is 0 Å². The quantitative estimate of drug-likeness (QED) is 0.0212. The molecule has 0 aromatic carbocycles. The predicted octanol–water partition coefficient (Wildman–Crippen LogP) is 21.8. The number of hydrogen-bond donors (Lipinski definition) is 1.